The molecule has 10 nitrogen and oxygen atoms in total. The molecule has 4 atom stereocenters. The van der Waals surface area contributed by atoms with E-state index in [0.717, 1.165) is 18.5 Å². The fourth-order valence-corrected chi connectivity index (χ4v) is 4.99. The second kappa shape index (κ2) is 9.04. The van der Waals surface area contributed by atoms with Crippen LogP contribution >= 0.6 is 0 Å². The van der Waals surface area contributed by atoms with Crippen LogP contribution in [-0.2, 0) is 14.4 Å². The van der Waals surface area contributed by atoms with Crippen LogP contribution in [0.2, 0.25) is 0 Å². The van der Waals surface area contributed by atoms with Gasteiger partial charge in [0.05, 0.1) is 11.8 Å². The van der Waals surface area contributed by atoms with E-state index >= 15 is 0 Å². The molecule has 1 aromatic heterocycles. The zero-order valence-electron chi connectivity index (χ0n) is 20.0. The van der Waals surface area contributed by atoms with Gasteiger partial charge in [-0.1, -0.05) is 26.0 Å². The van der Waals surface area contributed by atoms with Gasteiger partial charge >= 0.3 is 0 Å². The molecule has 2 aliphatic heterocycles. The summed E-state index contributed by atoms with van der Waals surface area (Å²) in [7, 11) is 1.79. The lowest BCUT2D eigenvalue weighted by atomic mass is 9.85. The van der Waals surface area contributed by atoms with Crippen LogP contribution in [0.25, 0.3) is 0 Å². The van der Waals surface area contributed by atoms with Crippen LogP contribution in [-0.4, -0.2) is 86.4 Å². The van der Waals surface area contributed by atoms with E-state index < -0.39 is 23.6 Å². The number of aliphatic hydroxyl groups is 1. The standard InChI is InChI=1S/C23H36N6O4/c1-23(2,3)20(29-13-17(25-26-29)15-5-6-15)22(33)28-12-16(30)10-18(28)21(32)24-8-7-14-9-19(31)27(4)11-14/h13-16,18,20,30H,5-12H2,1-4H3,(H,24,32)/t14?,16-,18+,20?/m1/s1. The molecule has 1 aliphatic carbocycles. The van der Waals surface area contributed by atoms with Gasteiger partial charge in [-0.15, -0.1) is 5.10 Å². The zero-order valence-corrected chi connectivity index (χ0v) is 20.0. The van der Waals surface area contributed by atoms with Crippen molar-refractivity contribution in [2.75, 3.05) is 26.7 Å². The number of hydrogen-bond donors (Lipinski definition) is 2. The van der Waals surface area contributed by atoms with E-state index in [1.807, 2.05) is 27.0 Å². The van der Waals surface area contributed by atoms with E-state index in [1.165, 1.54) is 4.90 Å². The summed E-state index contributed by atoms with van der Waals surface area (Å²) in [6, 6.07) is -1.35. The molecule has 2 saturated heterocycles. The fourth-order valence-electron chi connectivity index (χ4n) is 4.99. The van der Waals surface area contributed by atoms with Crippen molar-refractivity contribution in [2.45, 2.75) is 77.0 Å². The number of hydrogen-bond acceptors (Lipinski definition) is 6. The fraction of sp³-hybridized carbons (Fsp3) is 0.783. The number of β-amino-alcohol motifs (C(OH)–C–C–N with tert-alkyl or cyclic N) is 1. The first-order valence-corrected chi connectivity index (χ1v) is 12.0. The minimum Gasteiger partial charge on any atom is -0.391 e. The molecule has 1 aromatic rings. The Morgan fingerprint density at radius 1 is 1.27 bits per heavy atom. The Morgan fingerprint density at radius 3 is 2.61 bits per heavy atom. The van der Waals surface area contributed by atoms with E-state index in [0.29, 0.717) is 31.8 Å². The number of amides is 3. The average Bonchev–Trinajstić information content (AvgIpc) is 3.19. The van der Waals surface area contributed by atoms with Crippen molar-refractivity contribution in [2.24, 2.45) is 11.3 Å². The summed E-state index contributed by atoms with van der Waals surface area (Å²) in [6.45, 7) is 7.17. The van der Waals surface area contributed by atoms with Gasteiger partial charge in [0.1, 0.15) is 12.1 Å². The number of carbonyl (C=O) groups excluding carboxylic acids is 3. The largest absolute Gasteiger partial charge is 0.391 e. The van der Waals surface area contributed by atoms with Crippen molar-refractivity contribution < 1.29 is 19.5 Å². The average molecular weight is 461 g/mol. The highest BCUT2D eigenvalue weighted by atomic mass is 16.3. The van der Waals surface area contributed by atoms with Gasteiger partial charge in [-0.05, 0) is 30.6 Å². The van der Waals surface area contributed by atoms with E-state index in [1.54, 1.807) is 16.6 Å². The Hall–Kier alpha value is -2.49. The van der Waals surface area contributed by atoms with E-state index in [2.05, 4.69) is 15.6 Å². The van der Waals surface area contributed by atoms with Crippen LogP contribution in [0, 0.1) is 11.3 Å². The topological polar surface area (TPSA) is 121 Å². The summed E-state index contributed by atoms with van der Waals surface area (Å²) in [5.41, 5.74) is 0.449. The van der Waals surface area contributed by atoms with Gasteiger partial charge in [0.15, 0.2) is 0 Å². The molecule has 3 heterocycles. The summed E-state index contributed by atoms with van der Waals surface area (Å²) in [5, 5.41) is 21.8. The highest BCUT2D eigenvalue weighted by Gasteiger charge is 2.45. The molecule has 2 N–H and O–H groups in total. The summed E-state index contributed by atoms with van der Waals surface area (Å²) in [5.74, 6) is 0.301. The molecule has 0 radical (unpaired) electrons. The number of nitrogens with one attached hydrogen (secondary N) is 1. The van der Waals surface area contributed by atoms with E-state index in [9.17, 15) is 19.5 Å². The summed E-state index contributed by atoms with van der Waals surface area (Å²) in [4.78, 5) is 41.6. The SMILES string of the molecule is CN1CC(CCNC(=O)[C@@H]2C[C@@H](O)CN2C(=O)C(n2cc(C3CC3)nn2)C(C)(C)C)CC1=O. The molecule has 4 rings (SSSR count). The van der Waals surface area contributed by atoms with Crippen LogP contribution < -0.4 is 5.32 Å². The molecule has 0 spiro atoms. The van der Waals surface area contributed by atoms with E-state index in [4.69, 9.17) is 0 Å². The molecular formula is C23H36N6O4. The van der Waals surface area contributed by atoms with Gasteiger partial charge in [0.25, 0.3) is 0 Å². The van der Waals surface area contributed by atoms with Crippen molar-refractivity contribution in [3.05, 3.63) is 11.9 Å². The molecule has 0 bridgehead atoms. The smallest absolute Gasteiger partial charge is 0.248 e. The first-order chi connectivity index (χ1) is 15.5. The third-order valence-electron chi connectivity index (χ3n) is 6.98. The minimum absolute atomic E-state index is 0.121. The van der Waals surface area contributed by atoms with Crippen molar-refractivity contribution in [3.8, 4) is 0 Å². The lowest BCUT2D eigenvalue weighted by Crippen LogP contribution is -2.50. The summed E-state index contributed by atoms with van der Waals surface area (Å²) < 4.78 is 1.63. The first kappa shape index (κ1) is 23.7. The van der Waals surface area contributed by atoms with Gasteiger partial charge in [-0.2, -0.15) is 0 Å². The Balaban J connectivity index is 1.42. The molecule has 10 heteroatoms. The number of carbonyl (C=O) groups is 3. The molecule has 0 aromatic carbocycles. The molecule has 2 unspecified atom stereocenters. The Labute approximate surface area is 194 Å². The van der Waals surface area contributed by atoms with Crippen LogP contribution in [0.5, 0.6) is 0 Å². The number of aromatic nitrogens is 3. The van der Waals surface area contributed by atoms with Crippen LogP contribution in [0.3, 0.4) is 0 Å². The zero-order chi connectivity index (χ0) is 23.9. The van der Waals surface area contributed by atoms with Crippen LogP contribution in [0.1, 0.15) is 70.5 Å². The van der Waals surface area contributed by atoms with Gasteiger partial charge in [-0.3, -0.25) is 14.4 Å². The maximum atomic E-state index is 13.7. The molecule has 33 heavy (non-hydrogen) atoms. The van der Waals surface area contributed by atoms with Crippen molar-refractivity contribution in [1.82, 2.24) is 30.1 Å². The van der Waals surface area contributed by atoms with Crippen molar-refractivity contribution in [3.63, 3.8) is 0 Å². The Kier molecular flexibility index (Phi) is 6.48. The highest BCUT2D eigenvalue weighted by molar-refractivity contribution is 5.90. The predicted molar refractivity (Wildman–Crippen MR) is 120 cm³/mol. The van der Waals surface area contributed by atoms with Gasteiger partial charge in [0, 0.05) is 51.6 Å². The molecular weight excluding hydrogens is 424 g/mol. The highest BCUT2D eigenvalue weighted by Crippen LogP contribution is 2.40. The third kappa shape index (κ3) is 5.20. The Morgan fingerprint density at radius 2 is 2.00 bits per heavy atom. The monoisotopic (exact) mass is 460 g/mol. The lowest BCUT2D eigenvalue weighted by molar-refractivity contribution is -0.144. The predicted octanol–water partition coefficient (Wildman–Crippen LogP) is 0.689. The van der Waals surface area contributed by atoms with Crippen LogP contribution in [0.15, 0.2) is 6.20 Å². The third-order valence-corrected chi connectivity index (χ3v) is 6.98. The van der Waals surface area contributed by atoms with Crippen LogP contribution in [0.4, 0.5) is 0 Å². The molecule has 3 aliphatic rings. The maximum absolute atomic E-state index is 13.7. The summed E-state index contributed by atoms with van der Waals surface area (Å²) in [6.07, 6.45) is 4.73. The summed E-state index contributed by atoms with van der Waals surface area (Å²) >= 11 is 0. The molecule has 3 amide bonds. The molecule has 182 valence electrons. The second-order valence-corrected chi connectivity index (χ2v) is 11.0. The number of aliphatic hydroxyl groups excluding tert-OH is 1. The lowest BCUT2D eigenvalue weighted by Gasteiger charge is -2.34. The molecule has 1 saturated carbocycles. The quantitative estimate of drug-likeness (QED) is 0.618. The van der Waals surface area contributed by atoms with Gasteiger partial charge in [-0.25, -0.2) is 4.68 Å². The normalized spacial score (nSPS) is 26.7. The molecule has 3 fully saturated rings. The van der Waals surface area contributed by atoms with Gasteiger partial charge in [0.2, 0.25) is 17.7 Å². The van der Waals surface area contributed by atoms with Crippen molar-refractivity contribution in [1.29, 1.82) is 0 Å². The van der Waals surface area contributed by atoms with Crippen molar-refractivity contribution >= 4 is 17.7 Å². The van der Waals surface area contributed by atoms with Gasteiger partial charge < -0.3 is 20.2 Å². The number of likely N-dealkylation sites (tertiary alicyclic amines) is 2. The van der Waals surface area contributed by atoms with E-state index in [-0.39, 0.29) is 36.6 Å². The first-order valence-electron chi connectivity index (χ1n) is 12.0. The Bertz CT molecular complexity index is 905. The maximum Gasteiger partial charge on any atom is 0.248 e. The minimum atomic E-state index is -0.746. The number of nitrogens with zero attached hydrogens (tertiary/aromatic N) is 5. The second-order valence-electron chi connectivity index (χ2n) is 11.0. The number of rotatable bonds is 7.